The lowest BCUT2D eigenvalue weighted by Gasteiger charge is -2.31. The van der Waals surface area contributed by atoms with Crippen LogP contribution in [0.15, 0.2) is 54.6 Å². The molecule has 0 heterocycles. The molecule has 2 aromatic carbocycles. The number of carbonyl (C=O) groups excluding carboxylic acids is 2. The quantitative estimate of drug-likeness (QED) is 0.622. The van der Waals surface area contributed by atoms with Crippen molar-refractivity contribution in [2.75, 3.05) is 6.61 Å². The van der Waals surface area contributed by atoms with Crippen molar-refractivity contribution in [3.63, 3.8) is 0 Å². The van der Waals surface area contributed by atoms with E-state index in [1.54, 1.807) is 29.2 Å². The molecule has 29 heavy (non-hydrogen) atoms. The first-order valence-corrected chi connectivity index (χ1v) is 10.3. The summed E-state index contributed by atoms with van der Waals surface area (Å²) < 4.78 is 5.64. The molecule has 0 aliphatic carbocycles. The highest BCUT2D eigenvalue weighted by molar-refractivity contribution is 6.30. The van der Waals surface area contributed by atoms with E-state index in [1.165, 1.54) is 0 Å². The lowest BCUT2D eigenvalue weighted by atomic mass is 10.1. The molecule has 1 N–H and O–H groups in total. The second kappa shape index (κ2) is 11.5. The Balaban J connectivity index is 2.19. The Labute approximate surface area is 178 Å². The maximum Gasteiger partial charge on any atom is 0.261 e. The minimum absolute atomic E-state index is 0.0459. The van der Waals surface area contributed by atoms with E-state index in [0.717, 1.165) is 12.0 Å². The maximum atomic E-state index is 13.0. The van der Waals surface area contributed by atoms with Gasteiger partial charge in [0.1, 0.15) is 11.8 Å². The summed E-state index contributed by atoms with van der Waals surface area (Å²) in [6, 6.07) is 15.9. The zero-order chi connectivity index (χ0) is 21.2. The number of nitrogens with one attached hydrogen (secondary N) is 1. The number of hydrogen-bond acceptors (Lipinski definition) is 3. The summed E-state index contributed by atoms with van der Waals surface area (Å²) in [6.45, 7) is 6.04. The van der Waals surface area contributed by atoms with Crippen LogP contribution in [0.5, 0.6) is 5.75 Å². The zero-order valence-corrected chi connectivity index (χ0v) is 18.0. The first-order valence-electron chi connectivity index (χ1n) is 9.96. The van der Waals surface area contributed by atoms with E-state index in [1.807, 2.05) is 51.1 Å². The Morgan fingerprint density at radius 3 is 2.28 bits per heavy atom. The molecule has 0 saturated heterocycles. The average Bonchev–Trinajstić information content (AvgIpc) is 2.73. The van der Waals surface area contributed by atoms with Crippen LogP contribution in [0, 0.1) is 0 Å². The average molecular weight is 417 g/mol. The third kappa shape index (κ3) is 7.09. The molecule has 0 fully saturated rings. The number of benzene rings is 2. The minimum Gasteiger partial charge on any atom is -0.484 e. The summed E-state index contributed by atoms with van der Waals surface area (Å²) >= 11 is 5.98. The molecule has 2 rings (SSSR count). The number of ether oxygens (including phenoxy) is 1. The molecule has 0 aliphatic heterocycles. The fourth-order valence-corrected chi connectivity index (χ4v) is 3.02. The summed E-state index contributed by atoms with van der Waals surface area (Å²) in [4.78, 5) is 27.5. The molecule has 2 atom stereocenters. The van der Waals surface area contributed by atoms with E-state index in [4.69, 9.17) is 16.3 Å². The Bertz CT molecular complexity index is 780. The Hall–Kier alpha value is -2.53. The molecule has 156 valence electrons. The molecule has 0 aliphatic rings. The van der Waals surface area contributed by atoms with Gasteiger partial charge in [0, 0.05) is 17.6 Å². The van der Waals surface area contributed by atoms with Crippen LogP contribution in [0.3, 0.4) is 0 Å². The van der Waals surface area contributed by atoms with Crippen LogP contribution in [0.1, 0.15) is 39.2 Å². The summed E-state index contributed by atoms with van der Waals surface area (Å²) in [6.07, 6.45) is 1.33. The van der Waals surface area contributed by atoms with E-state index in [-0.39, 0.29) is 24.5 Å². The van der Waals surface area contributed by atoms with E-state index < -0.39 is 6.04 Å². The molecule has 2 aromatic rings. The lowest BCUT2D eigenvalue weighted by molar-refractivity contribution is -0.143. The highest BCUT2D eigenvalue weighted by atomic mass is 35.5. The molecule has 5 nitrogen and oxygen atoms in total. The molecule has 0 aromatic heterocycles. The lowest BCUT2D eigenvalue weighted by Crippen LogP contribution is -2.51. The highest BCUT2D eigenvalue weighted by Crippen LogP contribution is 2.16. The third-order valence-corrected chi connectivity index (χ3v) is 5.01. The molecular formula is C23H29ClN2O3. The van der Waals surface area contributed by atoms with Gasteiger partial charge >= 0.3 is 0 Å². The van der Waals surface area contributed by atoms with Crippen molar-refractivity contribution in [1.82, 2.24) is 10.2 Å². The van der Waals surface area contributed by atoms with Gasteiger partial charge in [0.15, 0.2) is 6.61 Å². The molecule has 6 heteroatoms. The molecule has 0 spiro atoms. The summed E-state index contributed by atoms with van der Waals surface area (Å²) in [5.74, 6) is 0.225. The molecule has 2 amide bonds. The number of hydrogen-bond donors (Lipinski definition) is 1. The van der Waals surface area contributed by atoms with Gasteiger partial charge in [-0.1, -0.05) is 55.8 Å². The first-order chi connectivity index (χ1) is 13.9. The fourth-order valence-electron chi connectivity index (χ4n) is 2.89. The van der Waals surface area contributed by atoms with E-state index in [2.05, 4.69) is 5.32 Å². The second-order valence-electron chi connectivity index (χ2n) is 6.99. The van der Waals surface area contributed by atoms with Crippen molar-refractivity contribution in [1.29, 1.82) is 0 Å². The van der Waals surface area contributed by atoms with E-state index in [9.17, 15) is 9.59 Å². The van der Waals surface area contributed by atoms with Crippen LogP contribution in [0.2, 0.25) is 5.02 Å². The second-order valence-corrected chi connectivity index (χ2v) is 7.43. The molecule has 0 bridgehead atoms. The van der Waals surface area contributed by atoms with Gasteiger partial charge in [0.05, 0.1) is 0 Å². The standard InChI is InChI=1S/C23H29ClN2O3/c1-4-17(3)25-23(28)21(5-2)26(15-18-11-13-19(24)14-12-18)22(27)16-29-20-9-7-6-8-10-20/h6-14,17,21H,4-5,15-16H2,1-3H3,(H,25,28)/t17-,21-/m1/s1. The zero-order valence-electron chi connectivity index (χ0n) is 17.2. The van der Waals surface area contributed by atoms with Crippen LogP contribution < -0.4 is 10.1 Å². The Morgan fingerprint density at radius 1 is 1.03 bits per heavy atom. The number of halogens is 1. The van der Waals surface area contributed by atoms with Crippen molar-refractivity contribution in [3.8, 4) is 5.75 Å². The minimum atomic E-state index is -0.577. The number of rotatable bonds is 10. The monoisotopic (exact) mass is 416 g/mol. The van der Waals surface area contributed by atoms with Crippen LogP contribution in [-0.2, 0) is 16.1 Å². The fraction of sp³-hybridized carbons (Fsp3) is 0.391. The van der Waals surface area contributed by atoms with Crippen LogP contribution in [-0.4, -0.2) is 35.4 Å². The Kier molecular flexibility index (Phi) is 9.00. The predicted molar refractivity (Wildman–Crippen MR) is 116 cm³/mol. The van der Waals surface area contributed by atoms with Crippen molar-refractivity contribution in [2.45, 2.75) is 52.2 Å². The van der Waals surface area contributed by atoms with Crippen molar-refractivity contribution >= 4 is 23.4 Å². The number of para-hydroxylation sites is 1. The van der Waals surface area contributed by atoms with Gasteiger partial charge in [-0.3, -0.25) is 9.59 Å². The number of amides is 2. The van der Waals surface area contributed by atoms with E-state index in [0.29, 0.717) is 23.7 Å². The van der Waals surface area contributed by atoms with E-state index >= 15 is 0 Å². The smallest absolute Gasteiger partial charge is 0.261 e. The van der Waals surface area contributed by atoms with Crippen molar-refractivity contribution in [2.24, 2.45) is 0 Å². The normalized spacial score (nSPS) is 12.7. The van der Waals surface area contributed by atoms with Gasteiger partial charge in [-0.05, 0) is 49.6 Å². The molecular weight excluding hydrogens is 388 g/mol. The predicted octanol–water partition coefficient (Wildman–Crippen LogP) is 4.44. The topological polar surface area (TPSA) is 58.6 Å². The largest absolute Gasteiger partial charge is 0.484 e. The van der Waals surface area contributed by atoms with Gasteiger partial charge in [-0.2, -0.15) is 0 Å². The maximum absolute atomic E-state index is 13.0. The van der Waals surface area contributed by atoms with Gasteiger partial charge in [0.25, 0.3) is 5.91 Å². The first kappa shape index (κ1) is 22.8. The summed E-state index contributed by atoms with van der Waals surface area (Å²) in [7, 11) is 0. The molecule has 0 unspecified atom stereocenters. The van der Waals surface area contributed by atoms with Gasteiger partial charge in [-0.25, -0.2) is 0 Å². The van der Waals surface area contributed by atoms with Crippen molar-refractivity contribution < 1.29 is 14.3 Å². The van der Waals surface area contributed by atoms with Crippen LogP contribution in [0.25, 0.3) is 0 Å². The summed E-state index contributed by atoms with van der Waals surface area (Å²) in [5, 5.41) is 3.62. The SMILES string of the molecule is CC[C@@H](C)NC(=O)[C@@H](CC)N(Cc1ccc(Cl)cc1)C(=O)COc1ccccc1. The molecule has 0 saturated carbocycles. The Morgan fingerprint density at radius 2 is 1.69 bits per heavy atom. The van der Waals surface area contributed by atoms with Crippen LogP contribution in [0.4, 0.5) is 0 Å². The van der Waals surface area contributed by atoms with Crippen molar-refractivity contribution in [3.05, 3.63) is 65.2 Å². The van der Waals surface area contributed by atoms with Gasteiger partial charge in [0.2, 0.25) is 5.91 Å². The summed E-state index contributed by atoms with van der Waals surface area (Å²) in [5.41, 5.74) is 0.900. The van der Waals surface area contributed by atoms with Crippen LogP contribution >= 0.6 is 11.6 Å². The van der Waals surface area contributed by atoms with Gasteiger partial charge in [-0.15, -0.1) is 0 Å². The number of carbonyl (C=O) groups is 2. The third-order valence-electron chi connectivity index (χ3n) is 4.76. The highest BCUT2D eigenvalue weighted by Gasteiger charge is 2.29. The number of nitrogens with zero attached hydrogens (tertiary/aromatic N) is 1. The molecule has 0 radical (unpaired) electrons. The van der Waals surface area contributed by atoms with Gasteiger partial charge < -0.3 is 15.0 Å².